The largest absolute Gasteiger partial charge is 0.504 e. The van der Waals surface area contributed by atoms with E-state index in [1.54, 1.807) is 13.0 Å². The third-order valence-electron chi connectivity index (χ3n) is 2.96. The van der Waals surface area contributed by atoms with Crippen LogP contribution in [0, 0.1) is 6.92 Å². The highest BCUT2D eigenvalue weighted by atomic mass is 16.3. The van der Waals surface area contributed by atoms with Gasteiger partial charge in [-0.2, -0.15) is 0 Å². The lowest BCUT2D eigenvalue weighted by atomic mass is 9.93. The van der Waals surface area contributed by atoms with Crippen LogP contribution >= 0.6 is 0 Å². The van der Waals surface area contributed by atoms with Crippen LogP contribution in [0.25, 0.3) is 0 Å². The van der Waals surface area contributed by atoms with E-state index < -0.39 is 5.54 Å². The number of aryl methyl sites for hydroxylation is 1. The third-order valence-corrected chi connectivity index (χ3v) is 2.96. The fourth-order valence-electron chi connectivity index (χ4n) is 1.44. The Balaban J connectivity index is 2.91. The molecular formula is C12H19N3O2. The summed E-state index contributed by atoms with van der Waals surface area (Å²) < 4.78 is 0. The maximum atomic E-state index is 12.0. The number of rotatable bonds is 4. The van der Waals surface area contributed by atoms with Gasteiger partial charge in [0.1, 0.15) is 0 Å². The number of nitrogens with zero attached hydrogens (tertiary/aromatic N) is 1. The zero-order valence-corrected chi connectivity index (χ0v) is 10.4. The van der Waals surface area contributed by atoms with Crippen LogP contribution in [0.15, 0.2) is 12.1 Å². The van der Waals surface area contributed by atoms with E-state index in [4.69, 9.17) is 5.73 Å². The predicted molar refractivity (Wildman–Crippen MR) is 66.8 cm³/mol. The minimum atomic E-state index is -0.919. The summed E-state index contributed by atoms with van der Waals surface area (Å²) in [5, 5.41) is 12.1. The van der Waals surface area contributed by atoms with Gasteiger partial charge in [-0.3, -0.25) is 4.79 Å². The Labute approximate surface area is 101 Å². The van der Waals surface area contributed by atoms with Crippen molar-refractivity contribution in [2.24, 2.45) is 5.73 Å². The molecule has 0 aliphatic rings. The van der Waals surface area contributed by atoms with Crippen molar-refractivity contribution in [1.29, 1.82) is 0 Å². The van der Waals surface area contributed by atoms with Crippen LogP contribution in [-0.4, -0.2) is 21.5 Å². The normalized spacial score (nSPS) is 11.3. The standard InChI is InChI=1S/C12H19N3O2/c1-4-12(13,5-2)11(17)15-10-9(16)7-6-8(3)14-10/h6-7,16H,4-5,13H2,1-3H3,(H,14,15,17). The Kier molecular flexibility index (Phi) is 4.07. The Bertz CT molecular complexity index is 414. The predicted octanol–water partition coefficient (Wildman–Crippen LogP) is 1.55. The van der Waals surface area contributed by atoms with Crippen molar-refractivity contribution >= 4 is 11.7 Å². The molecule has 5 nitrogen and oxygen atoms in total. The lowest BCUT2D eigenvalue weighted by Crippen LogP contribution is -2.50. The number of aromatic nitrogens is 1. The average molecular weight is 237 g/mol. The SMILES string of the molecule is CCC(N)(CC)C(=O)Nc1nc(C)ccc1O. The Morgan fingerprint density at radius 2 is 2.06 bits per heavy atom. The van der Waals surface area contributed by atoms with E-state index in [1.165, 1.54) is 6.07 Å². The number of amides is 1. The van der Waals surface area contributed by atoms with Crippen molar-refractivity contribution in [2.45, 2.75) is 39.2 Å². The summed E-state index contributed by atoms with van der Waals surface area (Å²) in [4.78, 5) is 16.0. The van der Waals surface area contributed by atoms with Gasteiger partial charge in [0.05, 0.1) is 5.54 Å². The molecule has 0 aliphatic heterocycles. The van der Waals surface area contributed by atoms with Crippen molar-refractivity contribution in [2.75, 3.05) is 5.32 Å². The fraction of sp³-hybridized carbons (Fsp3) is 0.500. The molecule has 0 radical (unpaired) electrons. The third kappa shape index (κ3) is 2.94. The van der Waals surface area contributed by atoms with Gasteiger partial charge >= 0.3 is 0 Å². The minimum absolute atomic E-state index is 0.0569. The second-order valence-electron chi connectivity index (χ2n) is 4.14. The summed E-state index contributed by atoms with van der Waals surface area (Å²) in [7, 11) is 0. The molecule has 0 unspecified atom stereocenters. The molecule has 5 heteroatoms. The molecule has 4 N–H and O–H groups in total. The summed E-state index contributed by atoms with van der Waals surface area (Å²) in [6.07, 6.45) is 1.06. The number of carbonyl (C=O) groups is 1. The van der Waals surface area contributed by atoms with Crippen LogP contribution in [0.4, 0.5) is 5.82 Å². The molecule has 0 bridgehead atoms. The van der Waals surface area contributed by atoms with Crippen LogP contribution in [-0.2, 0) is 4.79 Å². The van der Waals surface area contributed by atoms with E-state index in [2.05, 4.69) is 10.3 Å². The monoisotopic (exact) mass is 237 g/mol. The van der Waals surface area contributed by atoms with Gasteiger partial charge in [0.2, 0.25) is 5.91 Å². The summed E-state index contributed by atoms with van der Waals surface area (Å²) in [6.45, 7) is 5.49. The first-order chi connectivity index (χ1) is 7.92. The Morgan fingerprint density at radius 3 is 2.59 bits per heavy atom. The molecule has 1 aromatic rings. The smallest absolute Gasteiger partial charge is 0.245 e. The first-order valence-corrected chi connectivity index (χ1v) is 5.70. The van der Waals surface area contributed by atoms with Crippen LogP contribution < -0.4 is 11.1 Å². The number of hydrogen-bond donors (Lipinski definition) is 3. The average Bonchev–Trinajstić information content (AvgIpc) is 2.32. The van der Waals surface area contributed by atoms with Crippen molar-refractivity contribution in [3.63, 3.8) is 0 Å². The van der Waals surface area contributed by atoms with Gasteiger partial charge in [0.15, 0.2) is 11.6 Å². The lowest BCUT2D eigenvalue weighted by Gasteiger charge is -2.25. The number of nitrogens with one attached hydrogen (secondary N) is 1. The number of nitrogens with two attached hydrogens (primary N) is 1. The molecule has 94 valence electrons. The summed E-state index contributed by atoms with van der Waals surface area (Å²) in [5.74, 6) is -0.221. The quantitative estimate of drug-likeness (QED) is 0.741. The number of aromatic hydroxyl groups is 1. The minimum Gasteiger partial charge on any atom is -0.504 e. The van der Waals surface area contributed by atoms with Gasteiger partial charge < -0.3 is 16.2 Å². The molecule has 1 heterocycles. The van der Waals surface area contributed by atoms with Gasteiger partial charge in [0, 0.05) is 5.69 Å². The van der Waals surface area contributed by atoms with Crippen molar-refractivity contribution < 1.29 is 9.90 Å². The molecule has 0 fully saturated rings. The second kappa shape index (κ2) is 5.14. The highest BCUT2D eigenvalue weighted by Gasteiger charge is 2.30. The molecule has 0 saturated heterocycles. The van der Waals surface area contributed by atoms with Crippen molar-refractivity contribution in [1.82, 2.24) is 4.98 Å². The van der Waals surface area contributed by atoms with Crippen molar-refractivity contribution in [3.8, 4) is 5.75 Å². The molecule has 0 aliphatic carbocycles. The number of pyridine rings is 1. The molecule has 0 spiro atoms. The zero-order valence-electron chi connectivity index (χ0n) is 10.4. The second-order valence-corrected chi connectivity index (χ2v) is 4.14. The van der Waals surface area contributed by atoms with Crippen LogP contribution in [0.3, 0.4) is 0 Å². The molecule has 1 rings (SSSR count). The van der Waals surface area contributed by atoms with E-state index in [1.807, 2.05) is 13.8 Å². The molecule has 1 amide bonds. The van der Waals surface area contributed by atoms with E-state index in [9.17, 15) is 9.90 Å². The van der Waals surface area contributed by atoms with Crippen LogP contribution in [0.5, 0.6) is 5.75 Å². The highest BCUT2D eigenvalue weighted by Crippen LogP contribution is 2.22. The van der Waals surface area contributed by atoms with Gasteiger partial charge in [0.25, 0.3) is 0 Å². The number of hydrogen-bond acceptors (Lipinski definition) is 4. The maximum Gasteiger partial charge on any atom is 0.245 e. The Hall–Kier alpha value is -1.62. The van der Waals surface area contributed by atoms with E-state index in [0.29, 0.717) is 18.5 Å². The fourth-order valence-corrected chi connectivity index (χ4v) is 1.44. The van der Waals surface area contributed by atoms with E-state index in [0.717, 1.165) is 0 Å². The van der Waals surface area contributed by atoms with E-state index in [-0.39, 0.29) is 17.5 Å². The number of carbonyl (C=O) groups excluding carboxylic acids is 1. The van der Waals surface area contributed by atoms with Crippen molar-refractivity contribution in [3.05, 3.63) is 17.8 Å². The summed E-state index contributed by atoms with van der Waals surface area (Å²) in [6, 6.07) is 3.16. The maximum absolute atomic E-state index is 12.0. The van der Waals surface area contributed by atoms with Crippen LogP contribution in [0.1, 0.15) is 32.4 Å². The molecule has 0 aromatic carbocycles. The summed E-state index contributed by atoms with van der Waals surface area (Å²) in [5.41, 5.74) is 5.75. The van der Waals surface area contributed by atoms with E-state index >= 15 is 0 Å². The zero-order chi connectivity index (χ0) is 13.1. The van der Waals surface area contributed by atoms with Gasteiger partial charge in [-0.25, -0.2) is 4.98 Å². The van der Waals surface area contributed by atoms with Gasteiger partial charge in [-0.15, -0.1) is 0 Å². The molecule has 17 heavy (non-hydrogen) atoms. The molecule has 1 aromatic heterocycles. The van der Waals surface area contributed by atoms with Gasteiger partial charge in [-0.1, -0.05) is 13.8 Å². The summed E-state index contributed by atoms with van der Waals surface area (Å²) >= 11 is 0. The molecular weight excluding hydrogens is 218 g/mol. The lowest BCUT2D eigenvalue weighted by molar-refractivity contribution is -0.121. The first kappa shape index (κ1) is 13.4. The van der Waals surface area contributed by atoms with Crippen LogP contribution in [0.2, 0.25) is 0 Å². The molecule has 0 atom stereocenters. The van der Waals surface area contributed by atoms with Gasteiger partial charge in [-0.05, 0) is 31.9 Å². The topological polar surface area (TPSA) is 88.2 Å². The molecule has 0 saturated carbocycles. The first-order valence-electron chi connectivity index (χ1n) is 5.70. The number of anilines is 1. The Morgan fingerprint density at radius 1 is 1.47 bits per heavy atom. The highest BCUT2D eigenvalue weighted by molar-refractivity contribution is 5.98.